The average Bonchev–Trinajstić information content (AvgIpc) is 2.47. The van der Waals surface area contributed by atoms with Gasteiger partial charge in [-0.3, -0.25) is 4.79 Å². The molecule has 2 unspecified atom stereocenters. The molecule has 1 aliphatic rings. The van der Waals surface area contributed by atoms with E-state index in [2.05, 4.69) is 22.7 Å². The maximum Gasteiger partial charge on any atom is 0.253 e. The molecule has 5 nitrogen and oxygen atoms in total. The van der Waals surface area contributed by atoms with E-state index in [1.54, 1.807) is 6.07 Å². The molecule has 4 N–H and O–H groups in total. The minimum Gasteiger partial charge on any atom is -0.349 e. The van der Waals surface area contributed by atoms with E-state index in [4.69, 9.17) is 17.4 Å². The maximum atomic E-state index is 12.2. The van der Waals surface area contributed by atoms with Crippen LogP contribution in [0.2, 0.25) is 5.02 Å². The summed E-state index contributed by atoms with van der Waals surface area (Å²) in [7, 11) is 0. The molecule has 0 spiro atoms. The molecule has 6 heteroatoms. The molecule has 0 aromatic carbocycles. The van der Waals surface area contributed by atoms with Gasteiger partial charge in [0.15, 0.2) is 5.82 Å². The van der Waals surface area contributed by atoms with Crippen LogP contribution in [0.4, 0.5) is 5.82 Å². The molecule has 0 aliphatic heterocycles. The summed E-state index contributed by atoms with van der Waals surface area (Å²) in [5.74, 6) is 6.23. The molecule has 1 aromatic heterocycles. The number of nitrogens with two attached hydrogens (primary N) is 1. The number of hydrazine groups is 1. The molecular formula is C14H21ClN4O. The minimum atomic E-state index is -0.121. The molecule has 1 fully saturated rings. The lowest BCUT2D eigenvalue weighted by Crippen LogP contribution is -2.38. The fourth-order valence-electron chi connectivity index (χ4n) is 2.73. The quantitative estimate of drug-likeness (QED) is 0.589. The maximum absolute atomic E-state index is 12.2. The Labute approximate surface area is 124 Å². The zero-order valence-electron chi connectivity index (χ0n) is 11.7. The first-order valence-corrected chi connectivity index (χ1v) is 7.44. The molecule has 1 amide bonds. The van der Waals surface area contributed by atoms with Gasteiger partial charge in [-0.2, -0.15) is 0 Å². The van der Waals surface area contributed by atoms with Crippen molar-refractivity contribution in [2.45, 2.75) is 45.1 Å². The Morgan fingerprint density at radius 2 is 2.35 bits per heavy atom. The number of hydrogen-bond donors (Lipinski definition) is 3. The lowest BCUT2D eigenvalue weighted by atomic mass is 9.84. The van der Waals surface area contributed by atoms with E-state index in [0.29, 0.717) is 16.4 Å². The molecule has 1 saturated carbocycles. The van der Waals surface area contributed by atoms with Gasteiger partial charge in [0.05, 0.1) is 10.6 Å². The zero-order chi connectivity index (χ0) is 14.5. The molecule has 2 atom stereocenters. The largest absolute Gasteiger partial charge is 0.349 e. The van der Waals surface area contributed by atoms with Crippen LogP contribution in [0.15, 0.2) is 12.3 Å². The van der Waals surface area contributed by atoms with Gasteiger partial charge in [-0.05, 0) is 24.8 Å². The molecular weight excluding hydrogens is 276 g/mol. The second kappa shape index (κ2) is 6.90. The average molecular weight is 297 g/mol. The van der Waals surface area contributed by atoms with Gasteiger partial charge in [0, 0.05) is 12.2 Å². The smallest absolute Gasteiger partial charge is 0.253 e. The van der Waals surface area contributed by atoms with Gasteiger partial charge in [-0.25, -0.2) is 10.8 Å². The summed E-state index contributed by atoms with van der Waals surface area (Å²) in [6.07, 6.45) is 7.22. The molecule has 1 aromatic rings. The summed E-state index contributed by atoms with van der Waals surface area (Å²) >= 11 is 5.98. The molecule has 110 valence electrons. The van der Waals surface area contributed by atoms with E-state index < -0.39 is 0 Å². The summed E-state index contributed by atoms with van der Waals surface area (Å²) in [5, 5.41) is 3.42. The van der Waals surface area contributed by atoms with Gasteiger partial charge in [-0.1, -0.05) is 37.8 Å². The van der Waals surface area contributed by atoms with Crippen molar-refractivity contribution in [3.8, 4) is 0 Å². The number of pyridine rings is 1. The van der Waals surface area contributed by atoms with Crippen LogP contribution in [0.3, 0.4) is 0 Å². The number of rotatable bonds is 4. The first kappa shape index (κ1) is 15.1. The molecule has 1 heterocycles. The number of hydrogen-bond acceptors (Lipinski definition) is 4. The highest BCUT2D eigenvalue weighted by atomic mass is 35.5. The highest BCUT2D eigenvalue weighted by Gasteiger charge is 2.22. The van der Waals surface area contributed by atoms with E-state index in [1.165, 1.54) is 25.5 Å². The molecule has 20 heavy (non-hydrogen) atoms. The number of aromatic nitrogens is 1. The standard InChI is InChI=1S/C14H21ClN4O/c1-2-9-4-3-5-11(6-9)18-14(20)10-7-12(15)13(19-16)17-8-10/h7-9,11H,2-6,16H2,1H3,(H,17,19)(H,18,20). The summed E-state index contributed by atoms with van der Waals surface area (Å²) in [6.45, 7) is 2.21. The van der Waals surface area contributed by atoms with Crippen LogP contribution in [0.1, 0.15) is 49.4 Å². The van der Waals surface area contributed by atoms with Crippen LogP contribution in [0.25, 0.3) is 0 Å². The van der Waals surface area contributed by atoms with E-state index in [-0.39, 0.29) is 11.9 Å². The first-order valence-electron chi connectivity index (χ1n) is 7.07. The fourth-order valence-corrected chi connectivity index (χ4v) is 2.95. The van der Waals surface area contributed by atoms with Crippen molar-refractivity contribution >= 4 is 23.3 Å². The summed E-state index contributed by atoms with van der Waals surface area (Å²) in [6, 6.07) is 1.84. The van der Waals surface area contributed by atoms with E-state index in [1.807, 2.05) is 0 Å². The van der Waals surface area contributed by atoms with Gasteiger partial charge in [0.25, 0.3) is 5.91 Å². The van der Waals surface area contributed by atoms with Crippen LogP contribution < -0.4 is 16.6 Å². The van der Waals surface area contributed by atoms with Crippen molar-refractivity contribution in [1.82, 2.24) is 10.3 Å². The van der Waals surface area contributed by atoms with Gasteiger partial charge < -0.3 is 10.7 Å². The Hall–Kier alpha value is -1.33. The van der Waals surface area contributed by atoms with Crippen molar-refractivity contribution in [2.75, 3.05) is 5.43 Å². The second-order valence-electron chi connectivity index (χ2n) is 5.31. The van der Waals surface area contributed by atoms with Crippen LogP contribution in [0.5, 0.6) is 0 Å². The number of anilines is 1. The highest BCUT2D eigenvalue weighted by Crippen LogP contribution is 2.27. The first-order chi connectivity index (χ1) is 9.63. The third-order valence-electron chi connectivity index (χ3n) is 3.94. The number of halogens is 1. The van der Waals surface area contributed by atoms with Crippen molar-refractivity contribution < 1.29 is 4.79 Å². The normalized spacial score (nSPS) is 22.4. The number of carbonyl (C=O) groups is 1. The van der Waals surface area contributed by atoms with Crippen LogP contribution in [0, 0.1) is 5.92 Å². The summed E-state index contributed by atoms with van der Waals surface area (Å²) in [4.78, 5) is 16.2. The Bertz CT molecular complexity index is 480. The molecule has 0 saturated heterocycles. The predicted molar refractivity (Wildman–Crippen MR) is 80.6 cm³/mol. The monoisotopic (exact) mass is 296 g/mol. The summed E-state index contributed by atoms with van der Waals surface area (Å²) in [5.41, 5.74) is 2.85. The van der Waals surface area contributed by atoms with E-state index in [9.17, 15) is 4.79 Å². The van der Waals surface area contributed by atoms with E-state index >= 15 is 0 Å². The van der Waals surface area contributed by atoms with E-state index in [0.717, 1.165) is 18.8 Å². The molecule has 1 aliphatic carbocycles. The minimum absolute atomic E-state index is 0.121. The van der Waals surface area contributed by atoms with Gasteiger partial charge >= 0.3 is 0 Å². The van der Waals surface area contributed by atoms with Crippen molar-refractivity contribution in [1.29, 1.82) is 0 Å². The van der Waals surface area contributed by atoms with Crippen LogP contribution in [-0.4, -0.2) is 16.9 Å². The topological polar surface area (TPSA) is 80.0 Å². The Morgan fingerprint density at radius 3 is 3.00 bits per heavy atom. The lowest BCUT2D eigenvalue weighted by molar-refractivity contribution is 0.0919. The Balaban J connectivity index is 1.99. The molecule has 0 radical (unpaired) electrons. The Morgan fingerprint density at radius 1 is 1.55 bits per heavy atom. The third kappa shape index (κ3) is 3.61. The van der Waals surface area contributed by atoms with Crippen LogP contribution in [-0.2, 0) is 0 Å². The van der Waals surface area contributed by atoms with Crippen molar-refractivity contribution in [3.05, 3.63) is 22.8 Å². The Kier molecular flexibility index (Phi) is 5.20. The SMILES string of the molecule is CCC1CCCC(NC(=O)c2cnc(NN)c(Cl)c2)C1. The van der Waals surface area contributed by atoms with Gasteiger partial charge in [0.1, 0.15) is 0 Å². The number of carbonyl (C=O) groups excluding carboxylic acids is 1. The fraction of sp³-hybridized carbons (Fsp3) is 0.571. The van der Waals surface area contributed by atoms with Gasteiger partial charge in [-0.15, -0.1) is 0 Å². The predicted octanol–water partition coefficient (Wildman–Crippen LogP) is 2.72. The van der Waals surface area contributed by atoms with Crippen LogP contribution >= 0.6 is 11.6 Å². The third-order valence-corrected chi connectivity index (χ3v) is 4.22. The number of nitrogen functional groups attached to an aromatic ring is 1. The van der Waals surface area contributed by atoms with Crippen molar-refractivity contribution in [2.24, 2.45) is 11.8 Å². The number of nitrogens with zero attached hydrogens (tertiary/aromatic N) is 1. The molecule has 2 rings (SSSR count). The second-order valence-corrected chi connectivity index (χ2v) is 5.72. The zero-order valence-corrected chi connectivity index (χ0v) is 12.4. The molecule has 0 bridgehead atoms. The van der Waals surface area contributed by atoms with Crippen molar-refractivity contribution in [3.63, 3.8) is 0 Å². The highest BCUT2D eigenvalue weighted by molar-refractivity contribution is 6.33. The summed E-state index contributed by atoms with van der Waals surface area (Å²) < 4.78 is 0. The van der Waals surface area contributed by atoms with Gasteiger partial charge in [0.2, 0.25) is 0 Å². The lowest BCUT2D eigenvalue weighted by Gasteiger charge is -2.29. The number of nitrogens with one attached hydrogen (secondary N) is 2. The number of amides is 1.